The first kappa shape index (κ1) is 21.4. The minimum absolute atomic E-state index is 0.000576. The smallest absolute Gasteiger partial charge is 0.338 e. The third-order valence-electron chi connectivity index (χ3n) is 4.20. The van der Waals surface area contributed by atoms with Gasteiger partial charge in [-0.3, -0.25) is 20.0 Å². The molecule has 1 heterocycles. The molecule has 0 fully saturated rings. The highest BCUT2D eigenvalue weighted by atomic mass is 16.6. The highest BCUT2D eigenvalue weighted by molar-refractivity contribution is 5.98. The molecule has 3 rings (SSSR count). The predicted molar refractivity (Wildman–Crippen MR) is 109 cm³/mol. The molecule has 11 nitrogen and oxygen atoms in total. The summed E-state index contributed by atoms with van der Waals surface area (Å²) in [4.78, 5) is 39.2. The molecule has 0 saturated heterocycles. The van der Waals surface area contributed by atoms with Crippen LogP contribution in [0.2, 0.25) is 0 Å². The molecule has 31 heavy (non-hydrogen) atoms. The van der Waals surface area contributed by atoms with Gasteiger partial charge in [0.2, 0.25) is 0 Å². The molecule has 0 spiro atoms. The van der Waals surface area contributed by atoms with Crippen LogP contribution in [0, 0.1) is 10.1 Å². The Labute approximate surface area is 176 Å². The average Bonchev–Trinajstić information content (AvgIpc) is 3.26. The number of hydrogen-bond acceptors (Lipinski definition) is 8. The van der Waals surface area contributed by atoms with Gasteiger partial charge in [0.15, 0.2) is 5.82 Å². The van der Waals surface area contributed by atoms with Crippen LogP contribution in [0.1, 0.15) is 33.5 Å². The maximum atomic E-state index is 12.5. The number of ether oxygens (including phenoxy) is 2. The lowest BCUT2D eigenvalue weighted by Crippen LogP contribution is -2.24. The van der Waals surface area contributed by atoms with E-state index in [2.05, 4.69) is 20.5 Å². The van der Waals surface area contributed by atoms with Crippen molar-refractivity contribution in [1.29, 1.82) is 0 Å². The van der Waals surface area contributed by atoms with E-state index in [0.717, 1.165) is 17.7 Å². The quantitative estimate of drug-likeness (QED) is 0.317. The maximum Gasteiger partial charge on any atom is 0.338 e. The topological polar surface area (TPSA) is 149 Å². The van der Waals surface area contributed by atoms with E-state index in [1.807, 2.05) is 0 Å². The molecule has 0 saturated carbocycles. The number of non-ortho nitro benzene ring substituents is 1. The van der Waals surface area contributed by atoms with Crippen LogP contribution in [0.4, 0.5) is 5.69 Å². The number of carbonyl (C=O) groups is 2. The van der Waals surface area contributed by atoms with Crippen molar-refractivity contribution in [2.45, 2.75) is 13.5 Å². The van der Waals surface area contributed by atoms with E-state index in [9.17, 15) is 19.7 Å². The van der Waals surface area contributed by atoms with E-state index in [-0.39, 0.29) is 24.3 Å². The number of nitrogens with zero attached hydrogens (tertiary/aromatic N) is 3. The Balaban J connectivity index is 1.72. The third-order valence-corrected chi connectivity index (χ3v) is 4.20. The van der Waals surface area contributed by atoms with Crippen LogP contribution in [-0.4, -0.2) is 45.7 Å². The second-order valence-electron chi connectivity index (χ2n) is 6.26. The zero-order chi connectivity index (χ0) is 22.4. The van der Waals surface area contributed by atoms with Crippen LogP contribution >= 0.6 is 0 Å². The second kappa shape index (κ2) is 9.48. The van der Waals surface area contributed by atoms with Gasteiger partial charge in [-0.15, -0.1) is 0 Å². The lowest BCUT2D eigenvalue weighted by atomic mass is 10.1. The van der Waals surface area contributed by atoms with E-state index < -0.39 is 22.5 Å². The number of hydrogen-bond donors (Lipinski definition) is 2. The molecular formula is C20H19N5O6. The molecule has 3 aromatic rings. The number of aromatic nitrogens is 3. The first-order chi connectivity index (χ1) is 14.9. The van der Waals surface area contributed by atoms with Gasteiger partial charge in [0.1, 0.15) is 11.6 Å². The van der Waals surface area contributed by atoms with Crippen molar-refractivity contribution in [2.24, 2.45) is 0 Å². The zero-order valence-corrected chi connectivity index (χ0v) is 16.7. The largest absolute Gasteiger partial charge is 0.497 e. The Bertz CT molecular complexity index is 1110. The molecule has 160 valence electrons. The molecule has 0 bridgehead atoms. The minimum atomic E-state index is -0.750. The van der Waals surface area contributed by atoms with Gasteiger partial charge in [-0.25, -0.2) is 9.78 Å². The van der Waals surface area contributed by atoms with E-state index in [1.54, 1.807) is 38.3 Å². The van der Waals surface area contributed by atoms with Crippen molar-refractivity contribution in [3.05, 3.63) is 69.5 Å². The third kappa shape index (κ3) is 5.21. The van der Waals surface area contributed by atoms with Gasteiger partial charge in [0, 0.05) is 23.3 Å². The minimum Gasteiger partial charge on any atom is -0.497 e. The molecular weight excluding hydrogens is 406 g/mol. The highest BCUT2D eigenvalue weighted by Gasteiger charge is 2.19. The normalized spacial score (nSPS) is 10.4. The van der Waals surface area contributed by atoms with E-state index in [4.69, 9.17) is 9.47 Å². The van der Waals surface area contributed by atoms with Crippen molar-refractivity contribution in [1.82, 2.24) is 20.5 Å². The summed E-state index contributed by atoms with van der Waals surface area (Å²) in [6.07, 6.45) is 0. The van der Waals surface area contributed by atoms with Gasteiger partial charge in [0.05, 0.1) is 30.7 Å². The van der Waals surface area contributed by atoms with E-state index in [0.29, 0.717) is 17.4 Å². The van der Waals surface area contributed by atoms with Crippen molar-refractivity contribution in [2.75, 3.05) is 13.7 Å². The van der Waals surface area contributed by atoms with Gasteiger partial charge in [-0.05, 0) is 37.3 Å². The number of amides is 1. The number of nitro benzene ring substituents is 1. The SMILES string of the molecule is CCOC(=O)c1cc(C(=O)NCc2nc(-c3ccc(OC)cc3)n[nH]2)cc([N+](=O)[O-])c1. The average molecular weight is 425 g/mol. The van der Waals surface area contributed by atoms with Crippen LogP contribution in [0.25, 0.3) is 11.4 Å². The summed E-state index contributed by atoms with van der Waals surface area (Å²) in [6, 6.07) is 10.5. The van der Waals surface area contributed by atoms with Gasteiger partial charge in [-0.1, -0.05) is 0 Å². The first-order valence-electron chi connectivity index (χ1n) is 9.21. The molecule has 0 aliphatic rings. The Morgan fingerprint density at radius 2 is 1.87 bits per heavy atom. The van der Waals surface area contributed by atoms with Crippen LogP contribution < -0.4 is 10.1 Å². The molecule has 0 radical (unpaired) electrons. The molecule has 1 amide bonds. The molecule has 11 heteroatoms. The predicted octanol–water partition coefficient (Wildman–Crippen LogP) is 2.50. The number of esters is 1. The Morgan fingerprint density at radius 3 is 2.52 bits per heavy atom. The summed E-state index contributed by atoms with van der Waals surface area (Å²) in [7, 11) is 1.57. The summed E-state index contributed by atoms with van der Waals surface area (Å²) >= 11 is 0. The summed E-state index contributed by atoms with van der Waals surface area (Å²) in [5.74, 6) is 0.157. The number of aromatic amines is 1. The number of carbonyl (C=O) groups excluding carboxylic acids is 2. The molecule has 0 aliphatic heterocycles. The summed E-state index contributed by atoms with van der Waals surface area (Å²) in [6.45, 7) is 1.71. The maximum absolute atomic E-state index is 12.5. The molecule has 1 aromatic heterocycles. The monoisotopic (exact) mass is 425 g/mol. The van der Waals surface area contributed by atoms with E-state index in [1.165, 1.54) is 6.07 Å². The van der Waals surface area contributed by atoms with Gasteiger partial charge < -0.3 is 14.8 Å². The van der Waals surface area contributed by atoms with Gasteiger partial charge in [-0.2, -0.15) is 5.10 Å². The Kier molecular flexibility index (Phi) is 6.55. The number of nitro groups is 1. The summed E-state index contributed by atoms with van der Waals surface area (Å²) in [5.41, 5.74) is 0.236. The standard InChI is InChI=1S/C20H19N5O6/c1-3-31-20(27)14-8-13(9-15(10-14)25(28)29)19(26)21-11-17-22-18(24-23-17)12-4-6-16(30-2)7-5-12/h4-10H,3,11H2,1-2H3,(H,21,26)(H,22,23,24). The fourth-order valence-corrected chi connectivity index (χ4v) is 2.69. The molecule has 0 unspecified atom stereocenters. The van der Waals surface area contributed by atoms with Crippen molar-refractivity contribution in [3.63, 3.8) is 0 Å². The highest BCUT2D eigenvalue weighted by Crippen LogP contribution is 2.20. The Morgan fingerprint density at radius 1 is 1.16 bits per heavy atom. The number of benzene rings is 2. The number of methoxy groups -OCH3 is 1. The summed E-state index contributed by atoms with van der Waals surface area (Å²) < 4.78 is 9.97. The fourth-order valence-electron chi connectivity index (χ4n) is 2.69. The van der Waals surface area contributed by atoms with Crippen molar-refractivity contribution in [3.8, 4) is 17.1 Å². The number of rotatable bonds is 8. The lowest BCUT2D eigenvalue weighted by Gasteiger charge is -2.06. The Hall–Kier alpha value is -4.28. The van der Waals surface area contributed by atoms with Crippen molar-refractivity contribution >= 4 is 17.6 Å². The van der Waals surface area contributed by atoms with E-state index >= 15 is 0 Å². The van der Waals surface area contributed by atoms with Crippen molar-refractivity contribution < 1.29 is 24.0 Å². The van der Waals surface area contributed by atoms with Gasteiger partial charge >= 0.3 is 5.97 Å². The molecule has 0 aliphatic carbocycles. The van der Waals surface area contributed by atoms with Crippen LogP contribution in [0.15, 0.2) is 42.5 Å². The summed E-state index contributed by atoms with van der Waals surface area (Å²) in [5, 5.41) is 20.6. The molecule has 0 atom stereocenters. The molecule has 2 N–H and O–H groups in total. The van der Waals surface area contributed by atoms with Gasteiger partial charge in [0.25, 0.3) is 11.6 Å². The molecule has 2 aromatic carbocycles. The number of H-pyrrole nitrogens is 1. The number of nitrogens with one attached hydrogen (secondary N) is 2. The fraction of sp³-hybridized carbons (Fsp3) is 0.200. The first-order valence-corrected chi connectivity index (χ1v) is 9.21. The lowest BCUT2D eigenvalue weighted by molar-refractivity contribution is -0.384. The van der Waals surface area contributed by atoms with Crippen LogP contribution in [0.5, 0.6) is 5.75 Å². The van der Waals surface area contributed by atoms with Crippen LogP contribution in [0.3, 0.4) is 0 Å². The van der Waals surface area contributed by atoms with Crippen LogP contribution in [-0.2, 0) is 11.3 Å². The second-order valence-corrected chi connectivity index (χ2v) is 6.26. The zero-order valence-electron chi connectivity index (χ0n) is 16.7.